The quantitative estimate of drug-likeness (QED) is 0.871. The number of alkyl halides is 2. The lowest BCUT2D eigenvalue weighted by atomic mass is 9.86. The van der Waals surface area contributed by atoms with Crippen LogP contribution < -0.4 is 5.76 Å². The molecule has 0 amide bonds. The van der Waals surface area contributed by atoms with Crippen LogP contribution in [0.1, 0.15) is 37.1 Å². The van der Waals surface area contributed by atoms with Crippen molar-refractivity contribution in [3.05, 3.63) is 52.3 Å². The number of benzene rings is 1. The summed E-state index contributed by atoms with van der Waals surface area (Å²) in [5.74, 6) is -2.44. The van der Waals surface area contributed by atoms with Gasteiger partial charge in [0.1, 0.15) is 0 Å². The topological polar surface area (TPSA) is 48.0 Å². The summed E-state index contributed by atoms with van der Waals surface area (Å²) in [7, 11) is 0. The minimum atomic E-state index is -2.55. The summed E-state index contributed by atoms with van der Waals surface area (Å²) in [5, 5.41) is 3.83. The maximum atomic E-state index is 13.2. The van der Waals surface area contributed by atoms with Crippen molar-refractivity contribution in [1.29, 1.82) is 0 Å². The SMILES string of the molecule is O=c1onc(Cc2ccccc2)n1CC1CCC(F)(F)CC1. The zero-order chi connectivity index (χ0) is 15.6. The molecule has 1 aliphatic rings. The van der Waals surface area contributed by atoms with Crippen molar-refractivity contribution in [1.82, 2.24) is 9.72 Å². The number of hydrogen-bond donors (Lipinski definition) is 0. The van der Waals surface area contributed by atoms with Crippen LogP contribution in [0.5, 0.6) is 0 Å². The Morgan fingerprint density at radius 1 is 1.23 bits per heavy atom. The summed E-state index contributed by atoms with van der Waals surface area (Å²) in [6.45, 7) is 0.403. The third kappa shape index (κ3) is 3.43. The summed E-state index contributed by atoms with van der Waals surface area (Å²) in [5.41, 5.74) is 1.03. The van der Waals surface area contributed by atoms with Crippen LogP contribution in [0.4, 0.5) is 8.78 Å². The van der Waals surface area contributed by atoms with E-state index in [4.69, 9.17) is 4.52 Å². The largest absolute Gasteiger partial charge is 0.441 e. The van der Waals surface area contributed by atoms with E-state index in [9.17, 15) is 13.6 Å². The first-order valence-corrected chi connectivity index (χ1v) is 7.51. The second-order valence-corrected chi connectivity index (χ2v) is 5.94. The van der Waals surface area contributed by atoms with Gasteiger partial charge in [-0.2, -0.15) is 0 Å². The highest BCUT2D eigenvalue weighted by Crippen LogP contribution is 2.36. The van der Waals surface area contributed by atoms with Gasteiger partial charge in [0.2, 0.25) is 5.92 Å². The molecular formula is C16H18F2N2O2. The first kappa shape index (κ1) is 14.9. The van der Waals surface area contributed by atoms with Crippen LogP contribution in [0, 0.1) is 5.92 Å². The number of aromatic nitrogens is 2. The molecule has 0 unspecified atom stereocenters. The predicted molar refractivity (Wildman–Crippen MR) is 76.9 cm³/mol. The molecule has 1 heterocycles. The first-order chi connectivity index (χ1) is 10.5. The molecular weight excluding hydrogens is 290 g/mol. The molecule has 0 radical (unpaired) electrons. The van der Waals surface area contributed by atoms with Gasteiger partial charge in [-0.25, -0.2) is 13.6 Å². The fourth-order valence-corrected chi connectivity index (χ4v) is 2.92. The lowest BCUT2D eigenvalue weighted by molar-refractivity contribution is -0.0475. The molecule has 6 heteroatoms. The highest BCUT2D eigenvalue weighted by molar-refractivity contribution is 5.18. The van der Waals surface area contributed by atoms with Gasteiger partial charge < -0.3 is 0 Å². The fraction of sp³-hybridized carbons (Fsp3) is 0.500. The highest BCUT2D eigenvalue weighted by atomic mass is 19.3. The molecule has 0 atom stereocenters. The van der Waals surface area contributed by atoms with Gasteiger partial charge in [-0.15, -0.1) is 0 Å². The smallest absolute Gasteiger partial charge is 0.296 e. The Morgan fingerprint density at radius 2 is 1.91 bits per heavy atom. The summed E-state index contributed by atoms with van der Waals surface area (Å²) in [4.78, 5) is 11.8. The third-order valence-corrected chi connectivity index (χ3v) is 4.24. The number of halogens is 2. The van der Waals surface area contributed by atoms with Crippen molar-refractivity contribution in [3.8, 4) is 0 Å². The minimum absolute atomic E-state index is 0.0752. The number of nitrogens with zero attached hydrogens (tertiary/aromatic N) is 2. The average molecular weight is 308 g/mol. The van der Waals surface area contributed by atoms with Gasteiger partial charge in [0, 0.05) is 25.8 Å². The van der Waals surface area contributed by atoms with E-state index in [1.165, 1.54) is 4.57 Å². The van der Waals surface area contributed by atoms with Crippen LogP contribution in [0.3, 0.4) is 0 Å². The van der Waals surface area contributed by atoms with Gasteiger partial charge in [-0.1, -0.05) is 35.5 Å². The van der Waals surface area contributed by atoms with Crippen molar-refractivity contribution in [2.75, 3.05) is 0 Å². The first-order valence-electron chi connectivity index (χ1n) is 7.51. The molecule has 1 aromatic heterocycles. The number of hydrogen-bond acceptors (Lipinski definition) is 3. The van der Waals surface area contributed by atoms with Crippen molar-refractivity contribution in [3.63, 3.8) is 0 Å². The summed E-state index contributed by atoms with van der Waals surface area (Å²) >= 11 is 0. The fourth-order valence-electron chi connectivity index (χ4n) is 2.92. The monoisotopic (exact) mass is 308 g/mol. The van der Waals surface area contributed by atoms with Crippen LogP contribution in [-0.4, -0.2) is 15.6 Å². The molecule has 1 aromatic carbocycles. The van der Waals surface area contributed by atoms with Crippen LogP contribution in [0.25, 0.3) is 0 Å². The van der Waals surface area contributed by atoms with Crippen molar-refractivity contribution in [2.45, 2.75) is 44.6 Å². The molecule has 0 N–H and O–H groups in total. The average Bonchev–Trinajstić information content (AvgIpc) is 2.83. The van der Waals surface area contributed by atoms with Crippen LogP contribution in [0.15, 0.2) is 39.6 Å². The van der Waals surface area contributed by atoms with Gasteiger partial charge in [0.25, 0.3) is 0 Å². The summed E-state index contributed by atoms with van der Waals surface area (Å²) in [6.07, 6.45) is 1.14. The zero-order valence-electron chi connectivity index (χ0n) is 12.2. The van der Waals surface area contributed by atoms with E-state index in [1.807, 2.05) is 30.3 Å². The van der Waals surface area contributed by atoms with E-state index in [2.05, 4.69) is 5.16 Å². The molecule has 22 heavy (non-hydrogen) atoms. The van der Waals surface area contributed by atoms with E-state index in [-0.39, 0.29) is 18.8 Å². The Bertz CT molecular complexity index is 669. The summed E-state index contributed by atoms with van der Waals surface area (Å²) in [6, 6.07) is 9.65. The third-order valence-electron chi connectivity index (χ3n) is 4.24. The molecule has 1 saturated carbocycles. The molecule has 0 saturated heterocycles. The molecule has 0 bridgehead atoms. The van der Waals surface area contributed by atoms with Crippen LogP contribution >= 0.6 is 0 Å². The van der Waals surface area contributed by atoms with Crippen LogP contribution in [-0.2, 0) is 13.0 Å². The Labute approximate surface area is 126 Å². The normalized spacial score (nSPS) is 18.5. The van der Waals surface area contributed by atoms with E-state index in [0.717, 1.165) is 5.56 Å². The second kappa shape index (κ2) is 6.02. The van der Waals surface area contributed by atoms with E-state index in [1.54, 1.807) is 0 Å². The van der Waals surface area contributed by atoms with Crippen molar-refractivity contribution >= 4 is 0 Å². The molecule has 2 aromatic rings. The minimum Gasteiger partial charge on any atom is -0.296 e. The molecule has 0 spiro atoms. The Hall–Kier alpha value is -1.98. The molecule has 4 nitrogen and oxygen atoms in total. The Morgan fingerprint density at radius 3 is 2.59 bits per heavy atom. The Balaban J connectivity index is 1.72. The lowest BCUT2D eigenvalue weighted by Gasteiger charge is -2.28. The van der Waals surface area contributed by atoms with Gasteiger partial charge in [0.15, 0.2) is 5.82 Å². The van der Waals surface area contributed by atoms with E-state index >= 15 is 0 Å². The van der Waals surface area contributed by atoms with Gasteiger partial charge in [-0.3, -0.25) is 9.09 Å². The molecule has 3 rings (SSSR count). The maximum Gasteiger partial charge on any atom is 0.441 e. The van der Waals surface area contributed by atoms with Gasteiger partial charge >= 0.3 is 5.76 Å². The molecule has 1 fully saturated rings. The maximum absolute atomic E-state index is 13.2. The van der Waals surface area contributed by atoms with Gasteiger partial charge in [0.05, 0.1) is 0 Å². The second-order valence-electron chi connectivity index (χ2n) is 5.94. The van der Waals surface area contributed by atoms with E-state index in [0.29, 0.717) is 31.6 Å². The Kier molecular flexibility index (Phi) is 4.09. The van der Waals surface area contributed by atoms with Crippen molar-refractivity contribution in [2.24, 2.45) is 5.92 Å². The number of rotatable bonds is 4. The van der Waals surface area contributed by atoms with Crippen LogP contribution in [0.2, 0.25) is 0 Å². The summed E-state index contributed by atoms with van der Waals surface area (Å²) < 4.78 is 32.7. The zero-order valence-corrected chi connectivity index (χ0v) is 12.2. The molecule has 1 aliphatic carbocycles. The van der Waals surface area contributed by atoms with Crippen molar-refractivity contribution < 1.29 is 13.3 Å². The lowest BCUT2D eigenvalue weighted by Crippen LogP contribution is -2.29. The highest BCUT2D eigenvalue weighted by Gasteiger charge is 2.35. The predicted octanol–water partition coefficient (Wildman–Crippen LogP) is 3.25. The molecule has 0 aliphatic heterocycles. The van der Waals surface area contributed by atoms with E-state index < -0.39 is 11.7 Å². The molecule has 118 valence electrons. The standard InChI is InChI=1S/C16H18F2N2O2/c17-16(18)8-6-13(7-9-16)11-20-14(19-22-15(20)21)10-12-4-2-1-3-5-12/h1-5,13H,6-11H2. The van der Waals surface area contributed by atoms with Gasteiger partial charge in [-0.05, 0) is 24.3 Å².